The molecule has 0 saturated heterocycles. The molecule has 0 aromatic carbocycles. The van der Waals surface area contributed by atoms with E-state index in [0.717, 1.165) is 6.08 Å². The van der Waals surface area contributed by atoms with Crippen LogP contribution in [0.3, 0.4) is 0 Å². The van der Waals surface area contributed by atoms with Crippen molar-refractivity contribution in [2.45, 2.75) is 0 Å². The second-order valence-corrected chi connectivity index (χ2v) is 4.66. The molecule has 0 saturated carbocycles. The molecule has 12 heavy (non-hydrogen) atoms. The van der Waals surface area contributed by atoms with E-state index in [1.165, 1.54) is 0 Å². The summed E-state index contributed by atoms with van der Waals surface area (Å²) in [7, 11) is -7.87. The Balaban J connectivity index is 0. The van der Waals surface area contributed by atoms with Crippen molar-refractivity contribution >= 4 is 25.2 Å². The zero-order valence-electron chi connectivity index (χ0n) is 5.71. The average Bonchev–Trinajstić information content (AvgIpc) is 1.87. The molecule has 4 N–H and O–H groups in total. The molecule has 0 aliphatic rings. The van der Waals surface area contributed by atoms with Crippen LogP contribution >= 0.6 is 0 Å². The van der Waals surface area contributed by atoms with Crippen LogP contribution < -0.4 is 5.73 Å². The number of hydrogen-bond acceptors (Lipinski definition) is 4. The van der Waals surface area contributed by atoms with Crippen LogP contribution in [0.4, 0.5) is 0 Å². The van der Waals surface area contributed by atoms with Gasteiger partial charge in [0.1, 0.15) is 0 Å². The Morgan fingerprint density at radius 2 is 1.75 bits per heavy atom. The third-order valence-corrected chi connectivity index (χ3v) is 1.82. The van der Waals surface area contributed by atoms with Gasteiger partial charge < -0.3 is 5.73 Å². The molecule has 9 heteroatoms. The molecule has 1 atom stereocenters. The predicted octanol–water partition coefficient (Wildman–Crippen LogP) is -1.33. The molecular formula is C3H7NO6S2. The van der Waals surface area contributed by atoms with Crippen molar-refractivity contribution in [1.29, 1.82) is 0 Å². The maximum absolute atomic E-state index is 9.47. The van der Waals surface area contributed by atoms with Crippen LogP contribution in [0.2, 0.25) is 0 Å². The van der Waals surface area contributed by atoms with E-state index >= 15 is 0 Å². The fourth-order valence-corrected chi connectivity index (χ4v) is 0. The summed E-state index contributed by atoms with van der Waals surface area (Å²) in [6.07, 6.45) is 1.06. The summed E-state index contributed by atoms with van der Waals surface area (Å²) in [5, 5.41) is 0. The normalized spacial score (nSPS) is 12.2. The predicted molar refractivity (Wildman–Crippen MR) is 41.7 cm³/mol. The zero-order chi connectivity index (χ0) is 10.4. The first kappa shape index (κ1) is 13.8. The fraction of sp³-hybridized carbons (Fsp3) is 0. The lowest BCUT2D eigenvalue weighted by Crippen LogP contribution is -2.04. The lowest BCUT2D eigenvalue weighted by molar-refractivity contribution is -0.113. The molecule has 0 bridgehead atoms. The van der Waals surface area contributed by atoms with Crippen molar-refractivity contribution < 1.29 is 26.5 Å². The number of nitrogens with two attached hydrogens (primary N) is 1. The smallest absolute Gasteiger partial charge is 0.366 e. The van der Waals surface area contributed by atoms with Gasteiger partial charge in [-0.15, -0.1) is 0 Å². The molecule has 0 aromatic rings. The molecule has 7 nitrogen and oxygen atoms in total. The average molecular weight is 217 g/mol. The Bertz CT molecular complexity index is 279. The van der Waals surface area contributed by atoms with Crippen molar-refractivity contribution in [3.63, 3.8) is 0 Å². The monoisotopic (exact) mass is 217 g/mol. The third kappa shape index (κ3) is 12.0. The number of rotatable bonds is 2. The highest BCUT2D eigenvalue weighted by molar-refractivity contribution is 8.59. The molecule has 0 aliphatic carbocycles. The van der Waals surface area contributed by atoms with Gasteiger partial charge in [-0.25, -0.2) is 4.21 Å². The largest absolute Gasteiger partial charge is 0.373 e. The van der Waals surface area contributed by atoms with Gasteiger partial charge in [0.25, 0.3) is 0 Å². The SMILES string of the molecule is C=CC(N)=O.O=S(O)S(=O)(=O)O. The second kappa shape index (κ2) is 5.83. The van der Waals surface area contributed by atoms with Crippen LogP contribution in [0, 0.1) is 0 Å². The van der Waals surface area contributed by atoms with Crippen LogP contribution in [0.5, 0.6) is 0 Å². The lowest BCUT2D eigenvalue weighted by Gasteiger charge is -1.80. The molecule has 0 radical (unpaired) electrons. The van der Waals surface area contributed by atoms with E-state index in [0.29, 0.717) is 0 Å². The minimum Gasteiger partial charge on any atom is -0.366 e. The van der Waals surface area contributed by atoms with Crippen molar-refractivity contribution in [1.82, 2.24) is 0 Å². The number of carbonyl (C=O) groups excluding carboxylic acids is 1. The van der Waals surface area contributed by atoms with Crippen LogP contribution in [-0.4, -0.2) is 27.6 Å². The van der Waals surface area contributed by atoms with E-state index < -0.39 is 25.2 Å². The topological polar surface area (TPSA) is 135 Å². The Hall–Kier alpha value is -0.770. The van der Waals surface area contributed by atoms with E-state index in [2.05, 4.69) is 12.3 Å². The highest BCUT2D eigenvalue weighted by Crippen LogP contribution is 1.83. The van der Waals surface area contributed by atoms with Crippen LogP contribution in [0.1, 0.15) is 0 Å². The molecule has 72 valence electrons. The highest BCUT2D eigenvalue weighted by atomic mass is 33.2. The minimum absolute atomic E-state index is 0.481. The van der Waals surface area contributed by atoms with Gasteiger partial charge >= 0.3 is 19.3 Å². The van der Waals surface area contributed by atoms with Gasteiger partial charge in [0, 0.05) is 0 Å². The summed E-state index contributed by atoms with van der Waals surface area (Å²) in [4.78, 5) is 9.47. The van der Waals surface area contributed by atoms with E-state index in [1.54, 1.807) is 0 Å². The molecule has 1 unspecified atom stereocenters. The quantitative estimate of drug-likeness (QED) is 0.227. The summed E-state index contributed by atoms with van der Waals surface area (Å²) < 4.78 is 43.0. The molecular weight excluding hydrogens is 210 g/mol. The molecule has 0 rings (SSSR count). The molecule has 0 aliphatic heterocycles. The molecule has 1 amide bonds. The Kier molecular flexibility index (Phi) is 6.70. The molecule has 0 heterocycles. The first-order valence-electron chi connectivity index (χ1n) is 2.22. The summed E-state index contributed by atoms with van der Waals surface area (Å²) in [6.45, 7) is 3.09. The van der Waals surface area contributed by atoms with Crippen LogP contribution in [0.15, 0.2) is 12.7 Å². The van der Waals surface area contributed by atoms with Crippen LogP contribution in [-0.2, 0) is 24.1 Å². The van der Waals surface area contributed by atoms with Gasteiger partial charge in [-0.2, -0.15) is 8.42 Å². The van der Waals surface area contributed by atoms with E-state index in [4.69, 9.17) is 9.11 Å². The van der Waals surface area contributed by atoms with Gasteiger partial charge in [-0.05, 0) is 6.08 Å². The Morgan fingerprint density at radius 3 is 1.75 bits per heavy atom. The van der Waals surface area contributed by atoms with Gasteiger partial charge in [0.05, 0.1) is 0 Å². The Morgan fingerprint density at radius 1 is 1.58 bits per heavy atom. The zero-order valence-corrected chi connectivity index (χ0v) is 7.34. The van der Waals surface area contributed by atoms with Crippen molar-refractivity contribution in [3.8, 4) is 0 Å². The van der Waals surface area contributed by atoms with Gasteiger partial charge in [-0.1, -0.05) is 6.58 Å². The molecule has 0 fully saturated rings. The Labute approximate surface area is 70.7 Å². The van der Waals surface area contributed by atoms with E-state index in [-0.39, 0.29) is 0 Å². The van der Waals surface area contributed by atoms with Gasteiger partial charge in [0.2, 0.25) is 5.91 Å². The van der Waals surface area contributed by atoms with Gasteiger partial charge in [-0.3, -0.25) is 13.9 Å². The maximum atomic E-state index is 9.47. The van der Waals surface area contributed by atoms with Crippen molar-refractivity contribution in [2.24, 2.45) is 5.73 Å². The van der Waals surface area contributed by atoms with E-state index in [9.17, 15) is 17.4 Å². The molecule has 0 aromatic heterocycles. The number of carbonyl (C=O) groups is 1. The first-order valence-corrected chi connectivity index (χ1v) is 5.29. The third-order valence-electron chi connectivity index (χ3n) is 0.381. The summed E-state index contributed by atoms with van der Waals surface area (Å²) in [5.41, 5.74) is 4.53. The number of primary amides is 1. The first-order chi connectivity index (χ1) is 5.21. The van der Waals surface area contributed by atoms with Crippen LogP contribution in [0.25, 0.3) is 0 Å². The highest BCUT2D eigenvalue weighted by Gasteiger charge is 2.10. The minimum atomic E-state index is -4.71. The lowest BCUT2D eigenvalue weighted by atomic mass is 10.6. The summed E-state index contributed by atoms with van der Waals surface area (Å²) in [5.74, 6) is -0.481. The second-order valence-electron chi connectivity index (χ2n) is 1.25. The van der Waals surface area contributed by atoms with E-state index in [1.807, 2.05) is 0 Å². The number of hydrogen-bond donors (Lipinski definition) is 3. The fourth-order valence-electron chi connectivity index (χ4n) is 0. The van der Waals surface area contributed by atoms with Crippen molar-refractivity contribution in [2.75, 3.05) is 0 Å². The molecule has 0 spiro atoms. The summed E-state index contributed by atoms with van der Waals surface area (Å²) >= 11 is 0. The standard InChI is InChI=1S/C3H5NO.H2O5S2/c1-2-3(4)5;1-6(2)7(3,4)5/h2H,1H2,(H2,4,5);(H,1,2)(H,3,4,5). The summed E-state index contributed by atoms with van der Waals surface area (Å²) in [6, 6.07) is 0. The number of amides is 1. The van der Waals surface area contributed by atoms with Gasteiger partial charge in [0.15, 0.2) is 0 Å². The maximum Gasteiger partial charge on any atom is 0.373 e. The van der Waals surface area contributed by atoms with Crippen molar-refractivity contribution in [3.05, 3.63) is 12.7 Å².